The average Bonchev–Trinajstić information content (AvgIpc) is 3.16. The zero-order chi connectivity index (χ0) is 42.1. The highest BCUT2D eigenvalue weighted by atomic mass is 31.2. The van der Waals surface area contributed by atoms with Crippen LogP contribution in [-0.2, 0) is 32.7 Å². The summed E-state index contributed by atoms with van der Waals surface area (Å²) in [5, 5.41) is 0. The number of ether oxygens (including phenoxy) is 2. The Bertz CT molecular complexity index is 985. The summed E-state index contributed by atoms with van der Waals surface area (Å²) in [6.45, 7) is 4.42. The van der Waals surface area contributed by atoms with Crippen molar-refractivity contribution >= 4 is 19.8 Å². The summed E-state index contributed by atoms with van der Waals surface area (Å²) in [5.41, 5.74) is 0. The third-order valence-electron chi connectivity index (χ3n) is 10.5. The van der Waals surface area contributed by atoms with Gasteiger partial charge in [-0.25, -0.2) is 4.57 Å². The van der Waals surface area contributed by atoms with Crippen molar-refractivity contribution in [2.45, 2.75) is 232 Å². The first-order chi connectivity index (χ1) is 27.5. The minimum absolute atomic E-state index is 0.0337. The lowest BCUT2D eigenvalue weighted by molar-refractivity contribution is -0.870. The minimum Gasteiger partial charge on any atom is -0.462 e. The average molecular weight is 831 g/mol. The second kappa shape index (κ2) is 40.2. The summed E-state index contributed by atoms with van der Waals surface area (Å²) >= 11 is 0. The number of quaternary nitrogens is 1. The zero-order valence-electron chi connectivity index (χ0n) is 38.1. The number of hydrogen-bond acceptors (Lipinski definition) is 7. The Morgan fingerprint density at radius 2 is 0.895 bits per heavy atom. The maximum atomic E-state index is 12.7. The highest BCUT2D eigenvalue weighted by Crippen LogP contribution is 2.43. The van der Waals surface area contributed by atoms with Gasteiger partial charge in [-0.1, -0.05) is 187 Å². The van der Waals surface area contributed by atoms with E-state index >= 15 is 0 Å². The van der Waals surface area contributed by atoms with Crippen LogP contribution in [0.3, 0.4) is 0 Å². The molecule has 1 unspecified atom stereocenters. The van der Waals surface area contributed by atoms with Gasteiger partial charge in [-0.2, -0.15) is 0 Å². The largest absolute Gasteiger partial charge is 0.472 e. The third-order valence-corrected chi connectivity index (χ3v) is 11.5. The summed E-state index contributed by atoms with van der Waals surface area (Å²) in [4.78, 5) is 35.4. The van der Waals surface area contributed by atoms with Crippen molar-refractivity contribution in [3.05, 3.63) is 12.2 Å². The lowest BCUT2D eigenvalue weighted by Crippen LogP contribution is -2.37. The molecular formula is C47H93NO8P+. The van der Waals surface area contributed by atoms with Gasteiger partial charge in [-0.3, -0.25) is 18.6 Å². The van der Waals surface area contributed by atoms with Gasteiger partial charge in [-0.05, 0) is 38.5 Å². The molecule has 0 radical (unpaired) electrons. The molecular weight excluding hydrogens is 737 g/mol. The smallest absolute Gasteiger partial charge is 0.462 e. The van der Waals surface area contributed by atoms with Gasteiger partial charge in [0.15, 0.2) is 6.10 Å². The molecule has 0 saturated heterocycles. The predicted molar refractivity (Wildman–Crippen MR) is 238 cm³/mol. The van der Waals surface area contributed by atoms with Gasteiger partial charge < -0.3 is 18.9 Å². The number of unbranched alkanes of at least 4 members (excludes halogenated alkanes) is 28. The number of allylic oxidation sites excluding steroid dienone is 2. The molecule has 1 N–H and O–H groups in total. The molecule has 0 saturated carbocycles. The summed E-state index contributed by atoms with van der Waals surface area (Å²) < 4.78 is 34.3. The van der Waals surface area contributed by atoms with Gasteiger partial charge in [0, 0.05) is 12.8 Å². The number of likely N-dealkylation sites (N-methyl/N-ethyl adjacent to an activating group) is 1. The van der Waals surface area contributed by atoms with Gasteiger partial charge in [0.1, 0.15) is 19.8 Å². The first kappa shape index (κ1) is 55.8. The number of carbonyl (C=O) groups is 2. The number of carbonyl (C=O) groups excluding carboxylic acids is 2. The molecule has 0 amide bonds. The van der Waals surface area contributed by atoms with Crippen LogP contribution in [0.25, 0.3) is 0 Å². The van der Waals surface area contributed by atoms with Crippen LogP contribution in [0.4, 0.5) is 0 Å². The van der Waals surface area contributed by atoms with Crippen molar-refractivity contribution in [3.8, 4) is 0 Å². The van der Waals surface area contributed by atoms with Gasteiger partial charge in [0.2, 0.25) is 0 Å². The molecule has 0 aromatic carbocycles. The lowest BCUT2D eigenvalue weighted by Gasteiger charge is -2.24. The standard InChI is InChI=1S/C47H92NO8P/c1-6-8-10-12-14-16-18-20-21-22-23-24-25-26-27-28-30-32-34-36-38-40-47(50)56-45(44-55-57(51,52)54-42-41-48(3,4)5)43-53-46(49)39-37-35-33-31-29-19-17-15-13-11-9-7-2/h15,17,45H,6-14,16,18-44H2,1-5H3/p+1/b17-15+/t45-/m1/s1. The molecule has 57 heavy (non-hydrogen) atoms. The summed E-state index contributed by atoms with van der Waals surface area (Å²) in [5.74, 6) is -0.797. The molecule has 2 atom stereocenters. The minimum atomic E-state index is -4.37. The zero-order valence-corrected chi connectivity index (χ0v) is 39.0. The van der Waals surface area contributed by atoms with E-state index in [1.807, 2.05) is 21.1 Å². The van der Waals surface area contributed by atoms with Gasteiger partial charge in [0.25, 0.3) is 0 Å². The van der Waals surface area contributed by atoms with E-state index in [1.54, 1.807) is 0 Å². The fourth-order valence-electron chi connectivity index (χ4n) is 6.77. The lowest BCUT2D eigenvalue weighted by atomic mass is 10.0. The summed E-state index contributed by atoms with van der Waals surface area (Å²) in [6.07, 6.45) is 42.6. The number of phosphoric ester groups is 1. The Kier molecular flexibility index (Phi) is 39.3. The van der Waals surface area contributed by atoms with Crippen LogP contribution in [0, 0.1) is 0 Å². The van der Waals surface area contributed by atoms with Crippen LogP contribution in [0.5, 0.6) is 0 Å². The Hall–Kier alpha value is -1.25. The van der Waals surface area contributed by atoms with Crippen molar-refractivity contribution in [2.75, 3.05) is 47.5 Å². The van der Waals surface area contributed by atoms with Crippen LogP contribution in [0.2, 0.25) is 0 Å². The fourth-order valence-corrected chi connectivity index (χ4v) is 7.52. The number of esters is 2. The van der Waals surface area contributed by atoms with Crippen molar-refractivity contribution < 1.29 is 42.1 Å². The Balaban J connectivity index is 4.22. The Labute approximate surface area is 352 Å². The molecule has 0 aliphatic rings. The summed E-state index contributed by atoms with van der Waals surface area (Å²) in [6, 6.07) is 0. The second-order valence-electron chi connectivity index (χ2n) is 17.5. The van der Waals surface area contributed by atoms with Crippen molar-refractivity contribution in [2.24, 2.45) is 0 Å². The monoisotopic (exact) mass is 831 g/mol. The number of rotatable bonds is 44. The molecule has 338 valence electrons. The Morgan fingerprint density at radius 1 is 0.526 bits per heavy atom. The van der Waals surface area contributed by atoms with Crippen molar-refractivity contribution in [3.63, 3.8) is 0 Å². The van der Waals surface area contributed by atoms with Gasteiger partial charge in [-0.15, -0.1) is 0 Å². The van der Waals surface area contributed by atoms with E-state index in [2.05, 4.69) is 26.0 Å². The number of nitrogens with zero attached hydrogens (tertiary/aromatic N) is 1. The van der Waals surface area contributed by atoms with Crippen molar-refractivity contribution in [1.29, 1.82) is 0 Å². The van der Waals surface area contributed by atoms with Crippen molar-refractivity contribution in [1.82, 2.24) is 0 Å². The van der Waals surface area contributed by atoms with E-state index in [-0.39, 0.29) is 32.0 Å². The predicted octanol–water partition coefficient (Wildman–Crippen LogP) is 13.8. The molecule has 0 bridgehead atoms. The van der Waals surface area contributed by atoms with Crippen LogP contribution in [0.1, 0.15) is 226 Å². The van der Waals surface area contributed by atoms with E-state index in [4.69, 9.17) is 18.5 Å². The third kappa shape index (κ3) is 44.1. The van der Waals surface area contributed by atoms with E-state index in [0.29, 0.717) is 17.4 Å². The number of phosphoric acid groups is 1. The second-order valence-corrected chi connectivity index (χ2v) is 19.0. The Morgan fingerprint density at radius 3 is 1.33 bits per heavy atom. The van der Waals surface area contributed by atoms with E-state index in [1.165, 1.54) is 141 Å². The van der Waals surface area contributed by atoms with Crippen LogP contribution >= 0.6 is 7.82 Å². The van der Waals surface area contributed by atoms with E-state index in [9.17, 15) is 19.0 Å². The SMILES string of the molecule is CCCCC/C=C/CCCCCCCC(=O)OC[C@H](COP(=O)(O)OCC[N+](C)(C)C)OC(=O)CCCCCCCCCCCCCCCCCCCCCCC. The fraction of sp³-hybridized carbons (Fsp3) is 0.915. The first-order valence-corrected chi connectivity index (χ1v) is 25.4. The first-order valence-electron chi connectivity index (χ1n) is 23.9. The number of hydrogen-bond donors (Lipinski definition) is 1. The van der Waals surface area contributed by atoms with Crippen LogP contribution < -0.4 is 0 Å². The normalized spacial score (nSPS) is 13.6. The molecule has 0 fully saturated rings. The maximum Gasteiger partial charge on any atom is 0.472 e. The molecule has 0 aromatic rings. The van der Waals surface area contributed by atoms with E-state index < -0.39 is 26.5 Å². The van der Waals surface area contributed by atoms with Gasteiger partial charge in [0.05, 0.1) is 27.7 Å². The highest BCUT2D eigenvalue weighted by molar-refractivity contribution is 7.47. The van der Waals surface area contributed by atoms with Gasteiger partial charge >= 0.3 is 19.8 Å². The quantitative estimate of drug-likeness (QED) is 0.0213. The molecule has 0 aromatic heterocycles. The molecule has 0 aliphatic carbocycles. The molecule has 9 nitrogen and oxygen atoms in total. The molecule has 0 heterocycles. The molecule has 0 spiro atoms. The molecule has 0 rings (SSSR count). The van der Waals surface area contributed by atoms with E-state index in [0.717, 1.165) is 51.4 Å². The summed E-state index contributed by atoms with van der Waals surface area (Å²) in [7, 11) is 1.48. The highest BCUT2D eigenvalue weighted by Gasteiger charge is 2.27. The van der Waals surface area contributed by atoms with Crippen LogP contribution in [0.15, 0.2) is 12.2 Å². The topological polar surface area (TPSA) is 108 Å². The molecule has 10 heteroatoms. The molecule has 0 aliphatic heterocycles. The van der Waals surface area contributed by atoms with Crippen LogP contribution in [-0.4, -0.2) is 74.9 Å². The maximum absolute atomic E-state index is 12.7.